The average molecular weight is 412 g/mol. The highest BCUT2D eigenvalue weighted by Crippen LogP contribution is 2.49. The summed E-state index contributed by atoms with van der Waals surface area (Å²) in [6.45, 7) is 1.89. The van der Waals surface area contributed by atoms with E-state index in [1.807, 2.05) is 42.5 Å². The molecule has 3 aromatic rings. The zero-order valence-electron chi connectivity index (χ0n) is 17.3. The van der Waals surface area contributed by atoms with Gasteiger partial charge in [0, 0.05) is 37.9 Å². The highest BCUT2D eigenvalue weighted by Gasteiger charge is 2.50. The van der Waals surface area contributed by atoms with Crippen molar-refractivity contribution < 1.29 is 9.47 Å². The molecule has 3 aliphatic heterocycles. The molecule has 156 valence electrons. The molecule has 5 heteroatoms. The molecule has 1 saturated heterocycles. The standard InChI is InChI=1S/C26H25N3O2/c1-2-6-20(7-3-1)30-21-12-10-19(11-13-21)23-18-24-22-8-4-5-9-25(22)31-26(29(24)28-23)14-16-27-17-15-26/h1-13,24,27H,14-18H2/t24-/m0/s1. The number of ether oxygens (including phenoxy) is 2. The Labute approximate surface area is 182 Å². The first-order valence-corrected chi connectivity index (χ1v) is 11.0. The lowest BCUT2D eigenvalue weighted by Crippen LogP contribution is -2.58. The van der Waals surface area contributed by atoms with Crippen LogP contribution < -0.4 is 14.8 Å². The fraction of sp³-hybridized carbons (Fsp3) is 0.269. The van der Waals surface area contributed by atoms with Crippen LogP contribution in [0.1, 0.15) is 36.4 Å². The predicted molar refractivity (Wildman–Crippen MR) is 121 cm³/mol. The first kappa shape index (κ1) is 18.5. The minimum Gasteiger partial charge on any atom is -0.466 e. The second kappa shape index (κ2) is 7.43. The number of hydrogen-bond acceptors (Lipinski definition) is 5. The van der Waals surface area contributed by atoms with Gasteiger partial charge in [-0.15, -0.1) is 0 Å². The smallest absolute Gasteiger partial charge is 0.200 e. The summed E-state index contributed by atoms with van der Waals surface area (Å²) in [5.41, 5.74) is 3.11. The molecule has 1 spiro atoms. The van der Waals surface area contributed by atoms with Crippen molar-refractivity contribution in [1.29, 1.82) is 0 Å². The largest absolute Gasteiger partial charge is 0.466 e. The maximum Gasteiger partial charge on any atom is 0.200 e. The second-order valence-electron chi connectivity index (χ2n) is 8.39. The molecular formula is C26H25N3O2. The van der Waals surface area contributed by atoms with E-state index in [1.165, 1.54) is 5.56 Å². The second-order valence-corrected chi connectivity index (χ2v) is 8.39. The van der Waals surface area contributed by atoms with E-state index >= 15 is 0 Å². The molecule has 31 heavy (non-hydrogen) atoms. The van der Waals surface area contributed by atoms with Gasteiger partial charge in [0.15, 0.2) is 0 Å². The molecule has 0 bridgehead atoms. The molecule has 0 amide bonds. The molecular weight excluding hydrogens is 386 g/mol. The highest BCUT2D eigenvalue weighted by molar-refractivity contribution is 6.02. The quantitative estimate of drug-likeness (QED) is 0.651. The molecule has 0 aliphatic carbocycles. The van der Waals surface area contributed by atoms with Crippen molar-refractivity contribution in [2.24, 2.45) is 5.10 Å². The van der Waals surface area contributed by atoms with Gasteiger partial charge in [0.2, 0.25) is 5.72 Å². The van der Waals surface area contributed by atoms with E-state index in [2.05, 4.69) is 46.7 Å². The summed E-state index contributed by atoms with van der Waals surface area (Å²) in [4.78, 5) is 0. The number of benzene rings is 3. The summed E-state index contributed by atoms with van der Waals surface area (Å²) in [5.74, 6) is 2.68. The fourth-order valence-corrected chi connectivity index (χ4v) is 4.89. The van der Waals surface area contributed by atoms with Crippen molar-refractivity contribution in [3.63, 3.8) is 0 Å². The lowest BCUT2D eigenvalue weighted by atomic mass is 9.91. The van der Waals surface area contributed by atoms with Gasteiger partial charge >= 0.3 is 0 Å². The van der Waals surface area contributed by atoms with Gasteiger partial charge in [-0.3, -0.25) is 0 Å². The monoisotopic (exact) mass is 411 g/mol. The number of rotatable bonds is 3. The third-order valence-electron chi connectivity index (χ3n) is 6.46. The van der Waals surface area contributed by atoms with Gasteiger partial charge in [-0.1, -0.05) is 36.4 Å². The summed E-state index contributed by atoms with van der Waals surface area (Å²) in [7, 11) is 0. The fourth-order valence-electron chi connectivity index (χ4n) is 4.89. The first-order chi connectivity index (χ1) is 15.3. The lowest BCUT2D eigenvalue weighted by molar-refractivity contribution is -0.136. The van der Waals surface area contributed by atoms with Crippen LogP contribution in [0.4, 0.5) is 0 Å². The molecule has 0 unspecified atom stereocenters. The molecule has 3 aliphatic rings. The first-order valence-electron chi connectivity index (χ1n) is 11.0. The third-order valence-corrected chi connectivity index (χ3v) is 6.46. The van der Waals surface area contributed by atoms with Gasteiger partial charge in [-0.05, 0) is 48.0 Å². The molecule has 5 nitrogen and oxygen atoms in total. The normalized spacial score (nSPS) is 21.1. The molecule has 3 heterocycles. The Hall–Kier alpha value is -3.31. The maximum absolute atomic E-state index is 6.60. The summed E-state index contributed by atoms with van der Waals surface area (Å²) < 4.78 is 12.6. The Morgan fingerprint density at radius 1 is 0.871 bits per heavy atom. The van der Waals surface area contributed by atoms with Gasteiger partial charge in [0.1, 0.15) is 17.2 Å². The number of hydrazone groups is 1. The Morgan fingerprint density at radius 3 is 2.39 bits per heavy atom. The molecule has 0 aromatic heterocycles. The lowest BCUT2D eigenvalue weighted by Gasteiger charge is -2.49. The number of nitrogens with zero attached hydrogens (tertiary/aromatic N) is 2. The van der Waals surface area contributed by atoms with Crippen LogP contribution in [0.25, 0.3) is 0 Å². The number of fused-ring (bicyclic) bond motifs is 4. The number of hydrogen-bond donors (Lipinski definition) is 1. The summed E-state index contributed by atoms with van der Waals surface area (Å²) in [6.07, 6.45) is 2.74. The number of para-hydroxylation sites is 2. The minimum atomic E-state index is -0.359. The van der Waals surface area contributed by atoms with Crippen molar-refractivity contribution >= 4 is 5.71 Å². The van der Waals surface area contributed by atoms with Gasteiger partial charge in [-0.25, -0.2) is 5.01 Å². The average Bonchev–Trinajstić information content (AvgIpc) is 3.28. The molecule has 0 saturated carbocycles. The van der Waals surface area contributed by atoms with Crippen molar-refractivity contribution in [1.82, 2.24) is 10.3 Å². The summed E-state index contributed by atoms with van der Waals surface area (Å²) in [5, 5.41) is 10.8. The van der Waals surface area contributed by atoms with Crippen molar-refractivity contribution in [2.75, 3.05) is 13.1 Å². The van der Waals surface area contributed by atoms with E-state index in [0.29, 0.717) is 0 Å². The van der Waals surface area contributed by atoms with E-state index < -0.39 is 0 Å². The Bertz CT molecular complexity index is 1110. The highest BCUT2D eigenvalue weighted by atomic mass is 16.5. The van der Waals surface area contributed by atoms with Gasteiger partial charge in [0.05, 0.1) is 11.8 Å². The van der Waals surface area contributed by atoms with Crippen molar-refractivity contribution in [3.8, 4) is 17.2 Å². The van der Waals surface area contributed by atoms with Gasteiger partial charge in [0.25, 0.3) is 0 Å². The molecule has 1 atom stereocenters. The third kappa shape index (κ3) is 3.26. The predicted octanol–water partition coefficient (Wildman–Crippen LogP) is 5.10. The van der Waals surface area contributed by atoms with Crippen LogP contribution in [0.15, 0.2) is 84.0 Å². The van der Waals surface area contributed by atoms with Crippen LogP contribution >= 0.6 is 0 Å². The van der Waals surface area contributed by atoms with Crippen LogP contribution in [-0.4, -0.2) is 29.5 Å². The molecule has 6 rings (SSSR count). The van der Waals surface area contributed by atoms with Crippen LogP contribution in [0.2, 0.25) is 0 Å². The van der Waals surface area contributed by atoms with E-state index in [4.69, 9.17) is 14.6 Å². The SMILES string of the molecule is c1ccc(Oc2ccc(C3=NN4[C@@H](C3)c3ccccc3OC43CCNCC3)cc2)cc1. The Kier molecular flexibility index (Phi) is 4.42. The maximum atomic E-state index is 6.60. The van der Waals surface area contributed by atoms with Crippen LogP contribution in [0.3, 0.4) is 0 Å². The van der Waals surface area contributed by atoms with Crippen LogP contribution in [-0.2, 0) is 0 Å². The zero-order chi connectivity index (χ0) is 20.7. The van der Waals surface area contributed by atoms with Gasteiger partial charge in [-0.2, -0.15) is 5.10 Å². The number of nitrogens with one attached hydrogen (secondary N) is 1. The molecule has 3 aromatic carbocycles. The Morgan fingerprint density at radius 2 is 1.58 bits per heavy atom. The summed E-state index contributed by atoms with van der Waals surface area (Å²) in [6, 6.07) is 26.8. The minimum absolute atomic E-state index is 0.221. The summed E-state index contributed by atoms with van der Waals surface area (Å²) >= 11 is 0. The molecule has 1 fully saturated rings. The van der Waals surface area contributed by atoms with E-state index in [0.717, 1.165) is 60.9 Å². The molecule has 1 N–H and O–H groups in total. The van der Waals surface area contributed by atoms with Crippen LogP contribution in [0, 0.1) is 0 Å². The molecule has 0 radical (unpaired) electrons. The van der Waals surface area contributed by atoms with E-state index in [1.54, 1.807) is 0 Å². The van der Waals surface area contributed by atoms with Gasteiger partial charge < -0.3 is 14.8 Å². The van der Waals surface area contributed by atoms with Crippen molar-refractivity contribution in [2.45, 2.75) is 31.0 Å². The van der Waals surface area contributed by atoms with E-state index in [-0.39, 0.29) is 11.8 Å². The zero-order valence-corrected chi connectivity index (χ0v) is 17.3. The van der Waals surface area contributed by atoms with Crippen molar-refractivity contribution in [3.05, 3.63) is 90.0 Å². The number of piperidine rings is 1. The van der Waals surface area contributed by atoms with Crippen LogP contribution in [0.5, 0.6) is 17.2 Å². The topological polar surface area (TPSA) is 46.1 Å². The Balaban J connectivity index is 1.30. The van der Waals surface area contributed by atoms with E-state index in [9.17, 15) is 0 Å².